The first kappa shape index (κ1) is 26.5. The van der Waals surface area contributed by atoms with Crippen molar-refractivity contribution >= 4 is 85.9 Å². The largest absolute Gasteiger partial charge is 0.260 e. The number of thiophene rings is 1. The van der Waals surface area contributed by atoms with Crippen molar-refractivity contribution < 1.29 is 0 Å². The van der Waals surface area contributed by atoms with Crippen LogP contribution < -0.4 is 0 Å². The van der Waals surface area contributed by atoms with E-state index in [1.54, 1.807) is 0 Å². The summed E-state index contributed by atoms with van der Waals surface area (Å²) < 4.78 is 4.71. The van der Waals surface area contributed by atoms with Crippen molar-refractivity contribution in [2.45, 2.75) is 0 Å². The van der Waals surface area contributed by atoms with Gasteiger partial charge in [-0.25, -0.2) is 15.0 Å². The highest BCUT2D eigenvalue weighted by Crippen LogP contribution is 2.50. The Balaban J connectivity index is 1.25. The maximum Gasteiger partial charge on any atom is 0.237 e. The topological polar surface area (TPSA) is 43.6 Å². The van der Waals surface area contributed by atoms with Gasteiger partial charge in [-0.3, -0.25) is 4.57 Å². The molecule has 0 saturated heterocycles. The second-order valence-corrected chi connectivity index (χ2v) is 14.2. The van der Waals surface area contributed by atoms with Gasteiger partial charge in [-0.05, 0) is 68.1 Å². The Hall–Kier alpha value is -6.43. The lowest BCUT2D eigenvalue weighted by Gasteiger charge is -2.14. The van der Waals surface area contributed by atoms with Crippen LogP contribution in [0.15, 0.2) is 146 Å². The highest BCUT2D eigenvalue weighted by atomic mass is 32.1. The third kappa shape index (κ3) is 3.32. The maximum absolute atomic E-state index is 5.55. The molecule has 0 atom stereocenters. The van der Waals surface area contributed by atoms with Crippen molar-refractivity contribution in [2.24, 2.45) is 0 Å². The highest BCUT2D eigenvalue weighted by Gasteiger charge is 2.26. The third-order valence-corrected chi connectivity index (χ3v) is 11.8. The second-order valence-electron chi connectivity index (χ2n) is 13.1. The van der Waals surface area contributed by atoms with Crippen molar-refractivity contribution in [3.8, 4) is 39.5 Å². The van der Waals surface area contributed by atoms with Gasteiger partial charge in [0.25, 0.3) is 0 Å². The summed E-state index contributed by atoms with van der Waals surface area (Å²) in [5.41, 5.74) is 10.0. The summed E-state index contributed by atoms with van der Waals surface area (Å²) in [5.74, 6) is 0.623. The Bertz CT molecular complexity index is 3250. The van der Waals surface area contributed by atoms with Crippen LogP contribution in [-0.2, 0) is 0 Å². The zero-order valence-electron chi connectivity index (χ0n) is 26.6. The monoisotopic (exact) mass is 652 g/mol. The molecule has 0 amide bonds. The highest BCUT2D eigenvalue weighted by molar-refractivity contribution is 7.27. The Morgan fingerprint density at radius 2 is 1.08 bits per heavy atom. The molecule has 0 spiro atoms. The molecule has 1 aliphatic carbocycles. The van der Waals surface area contributed by atoms with E-state index in [0.717, 1.165) is 38.7 Å². The average molecular weight is 653 g/mol. The molecule has 0 fully saturated rings. The van der Waals surface area contributed by atoms with Crippen LogP contribution in [0.5, 0.6) is 0 Å². The van der Waals surface area contributed by atoms with E-state index in [1.165, 1.54) is 69.4 Å². The molecule has 7 aromatic carbocycles. The first-order valence-electron chi connectivity index (χ1n) is 16.9. The van der Waals surface area contributed by atoms with Gasteiger partial charge in [0, 0.05) is 43.4 Å². The summed E-state index contributed by atoms with van der Waals surface area (Å²) in [6, 6.07) is 50.1. The Morgan fingerprint density at radius 1 is 0.440 bits per heavy atom. The minimum Gasteiger partial charge on any atom is -0.260 e. The van der Waals surface area contributed by atoms with Crippen molar-refractivity contribution in [1.82, 2.24) is 19.5 Å². The van der Waals surface area contributed by atoms with Crippen LogP contribution in [0.25, 0.3) is 114 Å². The van der Waals surface area contributed by atoms with Crippen LogP contribution in [0.3, 0.4) is 0 Å². The van der Waals surface area contributed by atoms with Gasteiger partial charge in [0.2, 0.25) is 5.95 Å². The number of hydrogen-bond donors (Lipinski definition) is 0. The van der Waals surface area contributed by atoms with Crippen molar-refractivity contribution in [1.29, 1.82) is 0 Å². The zero-order valence-corrected chi connectivity index (χ0v) is 27.4. The van der Waals surface area contributed by atoms with Gasteiger partial charge in [-0.2, -0.15) is 0 Å². The number of benzene rings is 7. The third-order valence-electron chi connectivity index (χ3n) is 10.6. The molecule has 4 aromatic heterocycles. The lowest BCUT2D eigenvalue weighted by Crippen LogP contribution is -2.04. The number of fused-ring (bicyclic) bond motifs is 14. The summed E-state index contributed by atoms with van der Waals surface area (Å²) in [6.07, 6.45) is 1.88. The molecule has 50 heavy (non-hydrogen) atoms. The van der Waals surface area contributed by atoms with Crippen LogP contribution in [0.2, 0.25) is 0 Å². The van der Waals surface area contributed by atoms with E-state index in [-0.39, 0.29) is 0 Å². The molecule has 1 aliphatic rings. The van der Waals surface area contributed by atoms with E-state index >= 15 is 0 Å². The van der Waals surface area contributed by atoms with E-state index in [4.69, 9.17) is 15.0 Å². The number of nitrogens with zero attached hydrogens (tertiary/aromatic N) is 4. The van der Waals surface area contributed by atoms with E-state index in [0.29, 0.717) is 5.95 Å². The number of hydrogen-bond acceptors (Lipinski definition) is 4. The van der Waals surface area contributed by atoms with Gasteiger partial charge in [0.15, 0.2) is 0 Å². The molecule has 12 rings (SSSR count). The molecule has 0 unspecified atom stereocenters. The fraction of sp³-hybridized carbons (Fsp3) is 0. The maximum atomic E-state index is 5.55. The van der Waals surface area contributed by atoms with Gasteiger partial charge in [0.1, 0.15) is 5.65 Å². The fourth-order valence-corrected chi connectivity index (χ4v) is 9.84. The van der Waals surface area contributed by atoms with E-state index in [2.05, 4.69) is 138 Å². The van der Waals surface area contributed by atoms with Crippen LogP contribution in [-0.4, -0.2) is 19.5 Å². The van der Waals surface area contributed by atoms with Crippen LogP contribution in [0, 0.1) is 0 Å². The molecule has 230 valence electrons. The number of para-hydroxylation sites is 1. The molecule has 0 radical (unpaired) electrons. The van der Waals surface area contributed by atoms with E-state index in [9.17, 15) is 0 Å². The minimum atomic E-state index is 0.623. The number of aromatic nitrogens is 4. The predicted molar refractivity (Wildman–Crippen MR) is 209 cm³/mol. The van der Waals surface area contributed by atoms with Crippen LogP contribution in [0.4, 0.5) is 0 Å². The van der Waals surface area contributed by atoms with Crippen LogP contribution >= 0.6 is 11.3 Å². The Labute approximate surface area is 289 Å². The van der Waals surface area contributed by atoms with Gasteiger partial charge in [-0.15, -0.1) is 11.3 Å². The summed E-state index contributed by atoms with van der Waals surface area (Å²) in [7, 11) is 0. The van der Waals surface area contributed by atoms with Crippen molar-refractivity contribution in [3.05, 3.63) is 146 Å². The zero-order chi connectivity index (χ0) is 32.5. The molecule has 4 heterocycles. The van der Waals surface area contributed by atoms with Crippen molar-refractivity contribution in [2.75, 3.05) is 0 Å². The lowest BCUT2D eigenvalue weighted by molar-refractivity contribution is 1.00. The molecule has 5 heteroatoms. The number of rotatable bonds is 2. The van der Waals surface area contributed by atoms with E-state index in [1.807, 2.05) is 23.6 Å². The van der Waals surface area contributed by atoms with Gasteiger partial charge >= 0.3 is 0 Å². The standard InChI is InChI=1S/C45H24N4S/c1-2-12-26-25(11-1)27-17-9-18-30-32(23-22-31(26)38(27)30)41-33-15-5-7-20-36(33)47-45(48-41)49-42-39(35-19-10-24-46-44(35)49)28-13-3-4-14-29(28)40-34-16-6-8-21-37(34)50-43(40)42/h1-24H. The smallest absolute Gasteiger partial charge is 0.237 e. The van der Waals surface area contributed by atoms with Crippen molar-refractivity contribution in [3.63, 3.8) is 0 Å². The second kappa shape index (κ2) is 9.59. The Morgan fingerprint density at radius 3 is 1.94 bits per heavy atom. The molecule has 0 aliphatic heterocycles. The Kier molecular flexibility index (Phi) is 5.09. The summed E-state index contributed by atoms with van der Waals surface area (Å²) >= 11 is 1.84. The minimum absolute atomic E-state index is 0.623. The lowest BCUT2D eigenvalue weighted by atomic mass is 9.95. The fourth-order valence-electron chi connectivity index (χ4n) is 8.58. The summed E-state index contributed by atoms with van der Waals surface area (Å²) in [5, 5.41) is 10.8. The summed E-state index contributed by atoms with van der Waals surface area (Å²) in [4.78, 5) is 15.9. The predicted octanol–water partition coefficient (Wildman–Crippen LogP) is 12.1. The SMILES string of the molecule is c1ccc2c(c1)-c1cccc3c(-c4nc(-n5c6ncccc6c6c7ccccc7c7c8ccccc8sc7c65)nc5ccccc45)ccc-2c13. The molecule has 4 nitrogen and oxygen atoms in total. The average Bonchev–Trinajstić information content (AvgIpc) is 3.84. The van der Waals surface area contributed by atoms with Gasteiger partial charge < -0.3 is 0 Å². The molecular formula is C45H24N4S. The molecule has 0 saturated carbocycles. The molecule has 0 N–H and O–H groups in total. The normalized spacial score (nSPS) is 12.4. The van der Waals surface area contributed by atoms with Gasteiger partial charge in [0.05, 0.1) is 21.4 Å². The summed E-state index contributed by atoms with van der Waals surface area (Å²) in [6.45, 7) is 0. The molecule has 0 bridgehead atoms. The quantitative estimate of drug-likeness (QED) is 0.187. The van der Waals surface area contributed by atoms with Gasteiger partial charge in [-0.1, -0.05) is 115 Å². The first-order chi connectivity index (χ1) is 24.8. The molecular weight excluding hydrogens is 629 g/mol. The number of pyridine rings is 1. The van der Waals surface area contributed by atoms with Crippen LogP contribution in [0.1, 0.15) is 0 Å². The van der Waals surface area contributed by atoms with E-state index < -0.39 is 0 Å². The molecule has 11 aromatic rings. The first-order valence-corrected chi connectivity index (χ1v) is 17.7.